The summed E-state index contributed by atoms with van der Waals surface area (Å²) in [6.07, 6.45) is 2.74. The topological polar surface area (TPSA) is 97.1 Å². The molecule has 2 N–H and O–H groups in total. The summed E-state index contributed by atoms with van der Waals surface area (Å²) in [5.74, 6) is -1.45. The molecule has 18 heavy (non-hydrogen) atoms. The van der Waals surface area contributed by atoms with Gasteiger partial charge in [-0.1, -0.05) is 20.8 Å². The van der Waals surface area contributed by atoms with Gasteiger partial charge in [0.15, 0.2) is 0 Å². The van der Waals surface area contributed by atoms with Crippen LogP contribution in [0, 0.1) is 5.41 Å². The summed E-state index contributed by atoms with van der Waals surface area (Å²) in [6, 6.07) is -1.55. The van der Waals surface area contributed by atoms with E-state index < -0.39 is 29.4 Å². The zero-order valence-electron chi connectivity index (χ0n) is 10.9. The highest BCUT2D eigenvalue weighted by molar-refractivity contribution is 5.86. The monoisotopic (exact) mass is 254 g/mol. The Hall–Kier alpha value is -1.92. The van der Waals surface area contributed by atoms with E-state index >= 15 is 0 Å². The fraction of sp³-hybridized carbons (Fsp3) is 0.636. The van der Waals surface area contributed by atoms with E-state index in [-0.39, 0.29) is 0 Å². The first kappa shape index (κ1) is 14.1. The average molecular weight is 254 g/mol. The first-order chi connectivity index (χ1) is 8.23. The van der Waals surface area contributed by atoms with Crippen molar-refractivity contribution in [2.24, 2.45) is 5.41 Å². The van der Waals surface area contributed by atoms with Crippen LogP contribution in [0.5, 0.6) is 0 Å². The van der Waals surface area contributed by atoms with Gasteiger partial charge in [0, 0.05) is 0 Å². The molecule has 0 radical (unpaired) electrons. The van der Waals surface area contributed by atoms with Gasteiger partial charge in [0.05, 0.1) is 0 Å². The van der Waals surface area contributed by atoms with Gasteiger partial charge in [0.2, 0.25) is 5.91 Å². The molecular formula is C11H18N4O3. The third-order valence-electron chi connectivity index (χ3n) is 2.61. The second kappa shape index (κ2) is 5.16. The van der Waals surface area contributed by atoms with Crippen LogP contribution in [-0.2, 0) is 9.59 Å². The smallest absolute Gasteiger partial charge is 0.326 e. The summed E-state index contributed by atoms with van der Waals surface area (Å²) in [5.41, 5.74) is -0.566. The number of nitrogens with one attached hydrogen (secondary N) is 1. The number of carboxylic acid groups (broad SMARTS) is 1. The molecule has 7 nitrogen and oxygen atoms in total. The highest BCUT2D eigenvalue weighted by Gasteiger charge is 2.33. The van der Waals surface area contributed by atoms with E-state index in [9.17, 15) is 9.59 Å². The largest absolute Gasteiger partial charge is 0.480 e. The number of hydrogen-bond acceptors (Lipinski definition) is 4. The van der Waals surface area contributed by atoms with E-state index in [1.807, 2.05) is 0 Å². The van der Waals surface area contributed by atoms with E-state index in [1.54, 1.807) is 27.7 Å². The quantitative estimate of drug-likeness (QED) is 0.813. The van der Waals surface area contributed by atoms with Gasteiger partial charge < -0.3 is 10.4 Å². The Morgan fingerprint density at radius 1 is 1.39 bits per heavy atom. The molecule has 0 bridgehead atoms. The summed E-state index contributed by atoms with van der Waals surface area (Å²) < 4.78 is 1.37. The minimum Gasteiger partial charge on any atom is -0.480 e. The minimum absolute atomic E-state index is 0.400. The molecule has 1 aromatic rings. The van der Waals surface area contributed by atoms with Crippen molar-refractivity contribution in [2.75, 3.05) is 0 Å². The molecule has 100 valence electrons. The predicted octanol–water partition coefficient (Wildman–Crippen LogP) is 0.455. The summed E-state index contributed by atoms with van der Waals surface area (Å²) in [7, 11) is 0. The Bertz CT molecular complexity index is 422. The second-order valence-electron chi connectivity index (χ2n) is 5.20. The lowest BCUT2D eigenvalue weighted by atomic mass is 9.86. The van der Waals surface area contributed by atoms with Crippen molar-refractivity contribution in [1.82, 2.24) is 20.1 Å². The Morgan fingerprint density at radius 2 is 2.00 bits per heavy atom. The lowest BCUT2D eigenvalue weighted by molar-refractivity contribution is -0.145. The first-order valence-corrected chi connectivity index (χ1v) is 5.60. The van der Waals surface area contributed by atoms with Crippen LogP contribution in [0.2, 0.25) is 0 Å². The van der Waals surface area contributed by atoms with Crippen molar-refractivity contribution in [2.45, 2.75) is 39.8 Å². The molecule has 7 heteroatoms. The predicted molar refractivity (Wildman–Crippen MR) is 63.8 cm³/mol. The van der Waals surface area contributed by atoms with Crippen LogP contribution >= 0.6 is 0 Å². The zero-order chi connectivity index (χ0) is 13.9. The Kier molecular flexibility index (Phi) is 4.05. The molecular weight excluding hydrogens is 236 g/mol. The van der Waals surface area contributed by atoms with Gasteiger partial charge in [-0.15, -0.1) is 0 Å². The molecule has 0 spiro atoms. The average Bonchev–Trinajstić information content (AvgIpc) is 2.75. The summed E-state index contributed by atoms with van der Waals surface area (Å²) >= 11 is 0. The van der Waals surface area contributed by atoms with E-state index in [0.717, 1.165) is 0 Å². The van der Waals surface area contributed by atoms with Crippen LogP contribution in [0.3, 0.4) is 0 Å². The van der Waals surface area contributed by atoms with Crippen LogP contribution < -0.4 is 5.32 Å². The van der Waals surface area contributed by atoms with Gasteiger partial charge in [0.25, 0.3) is 0 Å². The normalized spacial score (nSPS) is 14.9. The number of carboxylic acids is 1. The maximum absolute atomic E-state index is 11.9. The first-order valence-electron chi connectivity index (χ1n) is 5.60. The second-order valence-corrected chi connectivity index (χ2v) is 5.20. The van der Waals surface area contributed by atoms with Gasteiger partial charge in [0.1, 0.15) is 24.7 Å². The number of carbonyl (C=O) groups excluding carboxylic acids is 1. The maximum Gasteiger partial charge on any atom is 0.326 e. The SMILES string of the molecule is CC(C(=O)N[C@H](C(=O)O)C(C)(C)C)n1cncn1. The number of nitrogens with zero attached hydrogens (tertiary/aromatic N) is 3. The van der Waals surface area contributed by atoms with Crippen LogP contribution in [0.15, 0.2) is 12.7 Å². The fourth-order valence-electron chi connectivity index (χ4n) is 1.45. The fourth-order valence-corrected chi connectivity index (χ4v) is 1.45. The van der Waals surface area contributed by atoms with Gasteiger partial charge in [-0.25, -0.2) is 14.5 Å². The standard InChI is InChI=1S/C11H18N4O3/c1-7(15-6-12-5-13-15)9(16)14-8(10(17)18)11(2,3)4/h5-8H,1-4H3,(H,14,16)(H,17,18)/t7?,8-/m1/s1. The molecule has 0 aromatic carbocycles. The van der Waals surface area contributed by atoms with Gasteiger partial charge >= 0.3 is 5.97 Å². The Balaban J connectivity index is 2.77. The molecule has 0 fully saturated rings. The maximum atomic E-state index is 11.9. The molecule has 2 atom stereocenters. The number of carbonyl (C=O) groups is 2. The van der Waals surface area contributed by atoms with Gasteiger partial charge in [-0.05, 0) is 12.3 Å². The van der Waals surface area contributed by atoms with E-state index in [2.05, 4.69) is 15.4 Å². The van der Waals surface area contributed by atoms with Crippen molar-refractivity contribution < 1.29 is 14.7 Å². The molecule has 0 saturated heterocycles. The molecule has 1 amide bonds. The summed E-state index contributed by atoms with van der Waals surface area (Å²) in [4.78, 5) is 26.8. The Morgan fingerprint density at radius 3 is 2.39 bits per heavy atom. The lowest BCUT2D eigenvalue weighted by Crippen LogP contribution is -2.50. The van der Waals surface area contributed by atoms with Gasteiger partial charge in [-0.3, -0.25) is 4.79 Å². The van der Waals surface area contributed by atoms with Crippen molar-refractivity contribution in [3.63, 3.8) is 0 Å². The Labute approximate surface area is 105 Å². The molecule has 1 aromatic heterocycles. The molecule has 0 aliphatic heterocycles. The number of rotatable bonds is 4. The van der Waals surface area contributed by atoms with E-state index in [1.165, 1.54) is 17.3 Å². The number of aromatic nitrogens is 3. The molecule has 1 unspecified atom stereocenters. The van der Waals surface area contributed by atoms with Crippen molar-refractivity contribution in [3.8, 4) is 0 Å². The number of hydrogen-bond donors (Lipinski definition) is 2. The molecule has 1 heterocycles. The minimum atomic E-state index is -1.05. The van der Waals surface area contributed by atoms with Crippen LogP contribution in [0.4, 0.5) is 0 Å². The third-order valence-corrected chi connectivity index (χ3v) is 2.61. The third kappa shape index (κ3) is 3.28. The van der Waals surface area contributed by atoms with Crippen LogP contribution in [-0.4, -0.2) is 37.8 Å². The van der Waals surface area contributed by atoms with E-state index in [0.29, 0.717) is 0 Å². The highest BCUT2D eigenvalue weighted by atomic mass is 16.4. The van der Waals surface area contributed by atoms with Crippen molar-refractivity contribution in [3.05, 3.63) is 12.7 Å². The molecule has 0 aliphatic rings. The summed E-state index contributed by atoms with van der Waals surface area (Å²) in [6.45, 7) is 6.90. The van der Waals surface area contributed by atoms with Crippen molar-refractivity contribution >= 4 is 11.9 Å². The molecule has 1 rings (SSSR count). The number of aliphatic carboxylic acids is 1. The van der Waals surface area contributed by atoms with Crippen LogP contribution in [0.25, 0.3) is 0 Å². The lowest BCUT2D eigenvalue weighted by Gasteiger charge is -2.28. The van der Waals surface area contributed by atoms with Crippen LogP contribution in [0.1, 0.15) is 33.7 Å². The van der Waals surface area contributed by atoms with Gasteiger partial charge in [-0.2, -0.15) is 5.10 Å². The van der Waals surface area contributed by atoms with Crippen molar-refractivity contribution in [1.29, 1.82) is 0 Å². The highest BCUT2D eigenvalue weighted by Crippen LogP contribution is 2.20. The zero-order valence-corrected chi connectivity index (χ0v) is 10.9. The molecule has 0 aliphatic carbocycles. The molecule has 0 saturated carbocycles. The number of amides is 1. The van der Waals surface area contributed by atoms with E-state index in [4.69, 9.17) is 5.11 Å². The summed E-state index contributed by atoms with van der Waals surface area (Å²) in [5, 5.41) is 15.5.